The van der Waals surface area contributed by atoms with Crippen molar-refractivity contribution in [1.82, 2.24) is 0 Å². The van der Waals surface area contributed by atoms with Crippen molar-refractivity contribution in [2.45, 2.75) is 13.5 Å². The lowest BCUT2D eigenvalue weighted by Crippen LogP contribution is -2.06. The van der Waals surface area contributed by atoms with Crippen LogP contribution in [0.5, 0.6) is 0 Å². The van der Waals surface area contributed by atoms with Crippen LogP contribution in [-0.2, 0) is 6.54 Å². The number of nitriles is 1. The van der Waals surface area contributed by atoms with Gasteiger partial charge in [0.2, 0.25) is 0 Å². The number of halogens is 3. The fourth-order valence-corrected chi connectivity index (χ4v) is 1.98. The van der Waals surface area contributed by atoms with Crippen LogP contribution in [0.15, 0.2) is 30.3 Å². The maximum atomic E-state index is 13.7. The van der Waals surface area contributed by atoms with E-state index < -0.39 is 11.6 Å². The van der Waals surface area contributed by atoms with E-state index in [0.717, 1.165) is 17.7 Å². The molecule has 0 aliphatic carbocycles. The summed E-state index contributed by atoms with van der Waals surface area (Å²) in [7, 11) is 0. The van der Waals surface area contributed by atoms with E-state index in [0.29, 0.717) is 10.7 Å². The lowest BCUT2D eigenvalue weighted by atomic mass is 10.1. The molecule has 0 aliphatic rings. The van der Waals surface area contributed by atoms with Gasteiger partial charge >= 0.3 is 0 Å². The van der Waals surface area contributed by atoms with Crippen molar-refractivity contribution in [1.29, 1.82) is 5.26 Å². The largest absolute Gasteiger partial charge is 0.380 e. The molecule has 2 aromatic carbocycles. The predicted octanol–water partition coefficient (Wildman–Crippen LogP) is 4.41. The molecule has 0 heterocycles. The molecule has 0 saturated heterocycles. The minimum Gasteiger partial charge on any atom is -0.380 e. The van der Waals surface area contributed by atoms with Crippen LogP contribution in [0.3, 0.4) is 0 Å². The molecule has 0 aliphatic heterocycles. The molecule has 20 heavy (non-hydrogen) atoms. The Labute approximate surface area is 120 Å². The van der Waals surface area contributed by atoms with Crippen LogP contribution in [0.2, 0.25) is 5.02 Å². The molecule has 0 unspecified atom stereocenters. The van der Waals surface area contributed by atoms with Gasteiger partial charge in [-0.1, -0.05) is 17.7 Å². The summed E-state index contributed by atoms with van der Waals surface area (Å²) < 4.78 is 27.4. The van der Waals surface area contributed by atoms with Crippen molar-refractivity contribution < 1.29 is 8.78 Å². The van der Waals surface area contributed by atoms with Crippen molar-refractivity contribution in [2.75, 3.05) is 5.32 Å². The van der Waals surface area contributed by atoms with E-state index in [1.165, 1.54) is 0 Å². The molecule has 0 radical (unpaired) electrons. The summed E-state index contributed by atoms with van der Waals surface area (Å²) in [6.07, 6.45) is 0. The van der Waals surface area contributed by atoms with Crippen molar-refractivity contribution >= 4 is 17.3 Å². The zero-order valence-electron chi connectivity index (χ0n) is 10.7. The van der Waals surface area contributed by atoms with Gasteiger partial charge in [0.05, 0.1) is 11.6 Å². The highest BCUT2D eigenvalue weighted by molar-refractivity contribution is 6.30. The monoisotopic (exact) mass is 292 g/mol. The molecule has 0 bridgehead atoms. The minimum atomic E-state index is -0.742. The molecule has 0 aromatic heterocycles. The van der Waals surface area contributed by atoms with Gasteiger partial charge in [-0.3, -0.25) is 0 Å². The molecule has 0 amide bonds. The first-order chi connectivity index (χ1) is 9.51. The molecule has 1 N–H and O–H groups in total. The zero-order valence-corrected chi connectivity index (χ0v) is 11.4. The molecule has 0 atom stereocenters. The molecule has 102 valence electrons. The second kappa shape index (κ2) is 5.89. The average Bonchev–Trinajstić information content (AvgIpc) is 2.41. The molecule has 0 saturated carbocycles. The summed E-state index contributed by atoms with van der Waals surface area (Å²) in [4.78, 5) is 0. The molecule has 0 spiro atoms. The predicted molar refractivity (Wildman–Crippen MR) is 74.6 cm³/mol. The van der Waals surface area contributed by atoms with Crippen LogP contribution >= 0.6 is 11.6 Å². The van der Waals surface area contributed by atoms with Gasteiger partial charge in [0.15, 0.2) is 0 Å². The smallest absolute Gasteiger partial charge is 0.132 e. The van der Waals surface area contributed by atoms with Gasteiger partial charge < -0.3 is 5.32 Å². The Morgan fingerprint density at radius 3 is 2.45 bits per heavy atom. The average molecular weight is 293 g/mol. The van der Waals surface area contributed by atoms with E-state index >= 15 is 0 Å². The van der Waals surface area contributed by atoms with Crippen LogP contribution < -0.4 is 5.32 Å². The van der Waals surface area contributed by atoms with Gasteiger partial charge in [0, 0.05) is 22.8 Å². The Kier molecular flexibility index (Phi) is 4.21. The number of rotatable bonds is 3. The van der Waals surface area contributed by atoms with E-state index in [1.54, 1.807) is 18.2 Å². The van der Waals surface area contributed by atoms with E-state index in [-0.39, 0.29) is 17.7 Å². The molecule has 2 aromatic rings. The zero-order chi connectivity index (χ0) is 14.7. The third-order valence-corrected chi connectivity index (χ3v) is 3.16. The van der Waals surface area contributed by atoms with E-state index in [9.17, 15) is 8.78 Å². The van der Waals surface area contributed by atoms with Crippen molar-refractivity contribution in [3.63, 3.8) is 0 Å². The highest BCUT2D eigenvalue weighted by atomic mass is 35.5. The Hall–Kier alpha value is -2.12. The van der Waals surface area contributed by atoms with Gasteiger partial charge in [-0.2, -0.15) is 5.26 Å². The summed E-state index contributed by atoms with van der Waals surface area (Å²) in [5.74, 6) is -1.48. The van der Waals surface area contributed by atoms with Crippen molar-refractivity contribution in [3.8, 4) is 6.07 Å². The van der Waals surface area contributed by atoms with Crippen molar-refractivity contribution in [3.05, 3.63) is 63.7 Å². The Morgan fingerprint density at radius 1 is 1.20 bits per heavy atom. The number of aryl methyl sites for hydroxylation is 1. The maximum Gasteiger partial charge on any atom is 0.132 e. The highest BCUT2D eigenvalue weighted by Gasteiger charge is 2.11. The maximum absolute atomic E-state index is 13.7. The minimum absolute atomic E-state index is 0.0233. The number of hydrogen-bond acceptors (Lipinski definition) is 2. The topological polar surface area (TPSA) is 35.8 Å². The van der Waals surface area contributed by atoms with E-state index in [4.69, 9.17) is 16.9 Å². The Bertz CT molecular complexity index is 670. The van der Waals surface area contributed by atoms with Gasteiger partial charge in [-0.25, -0.2) is 8.78 Å². The second-order valence-corrected chi connectivity index (χ2v) is 4.78. The quantitative estimate of drug-likeness (QED) is 0.909. The number of hydrogen-bond donors (Lipinski definition) is 1. The van der Waals surface area contributed by atoms with Gasteiger partial charge in [0.25, 0.3) is 0 Å². The van der Waals surface area contributed by atoms with Gasteiger partial charge in [0.1, 0.15) is 11.6 Å². The van der Waals surface area contributed by atoms with Gasteiger partial charge in [-0.05, 0) is 36.8 Å². The lowest BCUT2D eigenvalue weighted by Gasteiger charge is -2.11. The third-order valence-electron chi connectivity index (χ3n) is 2.93. The fourth-order valence-electron chi connectivity index (χ4n) is 1.80. The molecular weight excluding hydrogens is 282 g/mol. The molecule has 5 heteroatoms. The summed E-state index contributed by atoms with van der Waals surface area (Å²) in [6, 6.07) is 8.99. The number of benzene rings is 2. The number of nitrogens with zero attached hydrogens (tertiary/aromatic N) is 1. The molecule has 2 rings (SSSR count). The number of nitrogens with one attached hydrogen (secondary N) is 1. The molecule has 0 fully saturated rings. The Balaban J connectivity index is 2.23. The fraction of sp³-hybridized carbons (Fsp3) is 0.133. The lowest BCUT2D eigenvalue weighted by molar-refractivity contribution is 0.559. The van der Waals surface area contributed by atoms with Crippen LogP contribution in [0, 0.1) is 29.9 Å². The summed E-state index contributed by atoms with van der Waals surface area (Å²) in [5, 5.41) is 12.1. The highest BCUT2D eigenvalue weighted by Crippen LogP contribution is 2.22. The normalized spacial score (nSPS) is 10.2. The van der Waals surface area contributed by atoms with E-state index in [1.807, 2.05) is 13.0 Å². The second-order valence-electron chi connectivity index (χ2n) is 4.34. The summed E-state index contributed by atoms with van der Waals surface area (Å²) in [5.41, 5.74) is 1.48. The van der Waals surface area contributed by atoms with Gasteiger partial charge in [-0.15, -0.1) is 0 Å². The Morgan fingerprint density at radius 2 is 1.85 bits per heavy atom. The number of anilines is 1. The van der Waals surface area contributed by atoms with Crippen LogP contribution in [0.4, 0.5) is 14.5 Å². The summed E-state index contributed by atoms with van der Waals surface area (Å²) in [6.45, 7) is 1.84. The standard InChI is InChI=1S/C15H11ClF2N2/c1-9-2-3-11(16)6-15(9)20-8-12-13(17)4-10(7-19)5-14(12)18/h2-6,20H,8H2,1H3. The molecule has 2 nitrogen and oxygen atoms in total. The van der Waals surface area contributed by atoms with Crippen LogP contribution in [0.1, 0.15) is 16.7 Å². The molecular formula is C15H11ClF2N2. The van der Waals surface area contributed by atoms with Crippen molar-refractivity contribution in [2.24, 2.45) is 0 Å². The third kappa shape index (κ3) is 3.06. The first-order valence-corrected chi connectivity index (χ1v) is 6.27. The van der Waals surface area contributed by atoms with E-state index in [2.05, 4.69) is 5.32 Å². The SMILES string of the molecule is Cc1ccc(Cl)cc1NCc1c(F)cc(C#N)cc1F. The first kappa shape index (κ1) is 14.3. The first-order valence-electron chi connectivity index (χ1n) is 5.89. The van der Waals surface area contributed by atoms with Crippen LogP contribution in [0.25, 0.3) is 0 Å². The van der Waals surface area contributed by atoms with Crippen LogP contribution in [-0.4, -0.2) is 0 Å². The summed E-state index contributed by atoms with van der Waals surface area (Å²) >= 11 is 5.88.